The summed E-state index contributed by atoms with van der Waals surface area (Å²) in [5, 5.41) is 0. The van der Waals surface area contributed by atoms with Gasteiger partial charge in [0, 0.05) is 0 Å². The Morgan fingerprint density at radius 1 is 0.875 bits per heavy atom. The number of amidine groups is 1. The van der Waals surface area contributed by atoms with Gasteiger partial charge in [-0.2, -0.15) is 0 Å². The summed E-state index contributed by atoms with van der Waals surface area (Å²) in [5.74, 6) is 0.576. The molecule has 0 radical (unpaired) electrons. The van der Waals surface area contributed by atoms with Gasteiger partial charge in [-0.15, -0.1) is 0 Å². The highest BCUT2D eigenvalue weighted by Crippen LogP contribution is 2.22. The van der Waals surface area contributed by atoms with Gasteiger partial charge in [-0.3, -0.25) is 0 Å². The summed E-state index contributed by atoms with van der Waals surface area (Å²) in [7, 11) is 0. The van der Waals surface area contributed by atoms with Crippen LogP contribution < -0.4 is 5.73 Å². The minimum atomic E-state index is 0.576. The Kier molecular flexibility index (Phi) is 3.01. The molecule has 0 atom stereocenters. The highest BCUT2D eigenvalue weighted by Gasteiger charge is 1.96. The van der Waals surface area contributed by atoms with Crippen molar-refractivity contribution in [3.8, 4) is 11.1 Å². The molecule has 2 N–H and O–H groups in total. The predicted molar refractivity (Wildman–Crippen MR) is 68.8 cm³/mol. The van der Waals surface area contributed by atoms with Crippen LogP contribution in [-0.2, 0) is 0 Å². The van der Waals surface area contributed by atoms with Gasteiger partial charge in [0.05, 0.1) is 11.5 Å². The molecule has 0 fully saturated rings. The van der Waals surface area contributed by atoms with Gasteiger partial charge in [0.25, 0.3) is 0 Å². The zero-order chi connectivity index (χ0) is 11.4. The Bertz CT molecular complexity index is 480. The number of benzene rings is 2. The van der Waals surface area contributed by atoms with Crippen LogP contribution in [0.3, 0.4) is 0 Å². The molecule has 2 aromatic carbocycles. The van der Waals surface area contributed by atoms with Gasteiger partial charge in [-0.25, -0.2) is 4.99 Å². The van der Waals surface area contributed by atoms with Gasteiger partial charge in [0.2, 0.25) is 0 Å². The first kappa shape index (κ1) is 10.4. The van der Waals surface area contributed by atoms with Crippen LogP contribution >= 0.6 is 0 Å². The van der Waals surface area contributed by atoms with Crippen LogP contribution in [-0.4, -0.2) is 5.84 Å². The zero-order valence-electron chi connectivity index (χ0n) is 9.22. The Labute approximate surface area is 95.5 Å². The van der Waals surface area contributed by atoms with E-state index in [1.165, 1.54) is 11.1 Å². The van der Waals surface area contributed by atoms with E-state index < -0.39 is 0 Å². The molecule has 0 saturated heterocycles. The van der Waals surface area contributed by atoms with Gasteiger partial charge < -0.3 is 5.73 Å². The molecule has 0 bridgehead atoms. The first-order valence-electron chi connectivity index (χ1n) is 5.22. The van der Waals surface area contributed by atoms with E-state index in [0.717, 1.165) is 5.69 Å². The second kappa shape index (κ2) is 4.62. The molecule has 80 valence electrons. The third-order valence-corrected chi connectivity index (χ3v) is 2.28. The number of nitrogens with zero attached hydrogens (tertiary/aromatic N) is 1. The van der Waals surface area contributed by atoms with Crippen LogP contribution in [0.4, 0.5) is 5.69 Å². The number of nitrogens with two attached hydrogens (primary N) is 1. The molecule has 0 aliphatic carbocycles. The van der Waals surface area contributed by atoms with Gasteiger partial charge in [0.15, 0.2) is 0 Å². The van der Waals surface area contributed by atoms with Crippen LogP contribution in [0, 0.1) is 0 Å². The average Bonchev–Trinajstić information content (AvgIpc) is 2.30. The van der Waals surface area contributed by atoms with Crippen molar-refractivity contribution < 1.29 is 0 Å². The second-order valence-corrected chi connectivity index (χ2v) is 3.67. The van der Waals surface area contributed by atoms with E-state index in [-0.39, 0.29) is 0 Å². The molecule has 0 heterocycles. The van der Waals surface area contributed by atoms with E-state index in [2.05, 4.69) is 29.3 Å². The highest BCUT2D eigenvalue weighted by atomic mass is 14.8. The molecule has 0 spiro atoms. The molecular formula is C14H14N2. The first-order valence-corrected chi connectivity index (χ1v) is 5.22. The average molecular weight is 210 g/mol. The number of aliphatic imine (C=N–C) groups is 1. The molecule has 0 saturated carbocycles. The number of hydrogen-bond acceptors (Lipinski definition) is 1. The van der Waals surface area contributed by atoms with Crippen molar-refractivity contribution in [2.45, 2.75) is 6.92 Å². The van der Waals surface area contributed by atoms with Crippen molar-refractivity contribution in [2.24, 2.45) is 10.7 Å². The fourth-order valence-corrected chi connectivity index (χ4v) is 1.56. The topological polar surface area (TPSA) is 38.4 Å². The van der Waals surface area contributed by atoms with Crippen molar-refractivity contribution in [1.29, 1.82) is 0 Å². The Morgan fingerprint density at radius 3 is 2.00 bits per heavy atom. The fraction of sp³-hybridized carbons (Fsp3) is 0.0714. The first-order chi connectivity index (χ1) is 7.75. The van der Waals surface area contributed by atoms with E-state index in [0.29, 0.717) is 5.84 Å². The molecule has 0 aromatic heterocycles. The standard InChI is InChI=1S/C14H14N2/c1-11(15)16-14-9-7-13(8-10-14)12-5-3-2-4-6-12/h2-10H,1H3,(H2,15,16). The molecule has 0 amide bonds. The lowest BCUT2D eigenvalue weighted by Crippen LogP contribution is -2.03. The molecule has 0 aliphatic rings. The normalized spacial score (nSPS) is 11.4. The van der Waals surface area contributed by atoms with E-state index >= 15 is 0 Å². The Hall–Kier alpha value is -2.09. The molecule has 2 rings (SSSR count). The van der Waals surface area contributed by atoms with E-state index in [9.17, 15) is 0 Å². The molecular weight excluding hydrogens is 196 g/mol. The molecule has 0 aliphatic heterocycles. The van der Waals surface area contributed by atoms with Gasteiger partial charge in [0.1, 0.15) is 0 Å². The van der Waals surface area contributed by atoms with Crippen LogP contribution in [0.5, 0.6) is 0 Å². The number of hydrogen-bond donors (Lipinski definition) is 1. The third-order valence-electron chi connectivity index (χ3n) is 2.28. The lowest BCUT2D eigenvalue weighted by molar-refractivity contribution is 1.45. The van der Waals surface area contributed by atoms with Crippen molar-refractivity contribution in [2.75, 3.05) is 0 Å². The summed E-state index contributed by atoms with van der Waals surface area (Å²) in [6.45, 7) is 1.78. The fourth-order valence-electron chi connectivity index (χ4n) is 1.56. The van der Waals surface area contributed by atoms with Gasteiger partial charge >= 0.3 is 0 Å². The Morgan fingerprint density at radius 2 is 1.44 bits per heavy atom. The minimum absolute atomic E-state index is 0.576. The Balaban J connectivity index is 2.30. The molecule has 2 aromatic rings. The summed E-state index contributed by atoms with van der Waals surface area (Å²) in [5.41, 5.74) is 8.81. The highest BCUT2D eigenvalue weighted by molar-refractivity contribution is 5.80. The van der Waals surface area contributed by atoms with Crippen LogP contribution in [0.1, 0.15) is 6.92 Å². The van der Waals surface area contributed by atoms with Crippen molar-refractivity contribution in [1.82, 2.24) is 0 Å². The van der Waals surface area contributed by atoms with Crippen LogP contribution in [0.2, 0.25) is 0 Å². The van der Waals surface area contributed by atoms with Gasteiger partial charge in [-0.05, 0) is 30.2 Å². The van der Waals surface area contributed by atoms with Crippen molar-refractivity contribution in [3.63, 3.8) is 0 Å². The third kappa shape index (κ3) is 2.48. The summed E-state index contributed by atoms with van der Waals surface area (Å²) in [6.07, 6.45) is 0. The summed E-state index contributed by atoms with van der Waals surface area (Å²) < 4.78 is 0. The molecule has 2 nitrogen and oxygen atoms in total. The summed E-state index contributed by atoms with van der Waals surface area (Å²) >= 11 is 0. The van der Waals surface area contributed by atoms with E-state index in [1.54, 1.807) is 6.92 Å². The summed E-state index contributed by atoms with van der Waals surface area (Å²) in [4.78, 5) is 4.19. The van der Waals surface area contributed by atoms with Gasteiger partial charge in [-0.1, -0.05) is 42.5 Å². The van der Waals surface area contributed by atoms with E-state index in [1.807, 2.05) is 30.3 Å². The zero-order valence-corrected chi connectivity index (χ0v) is 9.22. The van der Waals surface area contributed by atoms with Crippen molar-refractivity contribution in [3.05, 3.63) is 54.6 Å². The van der Waals surface area contributed by atoms with Crippen molar-refractivity contribution >= 4 is 11.5 Å². The molecule has 16 heavy (non-hydrogen) atoms. The largest absolute Gasteiger partial charge is 0.387 e. The molecule has 0 unspecified atom stereocenters. The monoisotopic (exact) mass is 210 g/mol. The van der Waals surface area contributed by atoms with Crippen LogP contribution in [0.15, 0.2) is 59.6 Å². The maximum atomic E-state index is 5.52. The SMILES string of the molecule is CC(N)=Nc1ccc(-c2ccccc2)cc1. The smallest absolute Gasteiger partial charge is 0.0964 e. The maximum Gasteiger partial charge on any atom is 0.0964 e. The lowest BCUT2D eigenvalue weighted by Gasteiger charge is -2.01. The predicted octanol–water partition coefficient (Wildman–Crippen LogP) is 3.36. The quantitative estimate of drug-likeness (QED) is 0.599. The minimum Gasteiger partial charge on any atom is -0.387 e. The second-order valence-electron chi connectivity index (χ2n) is 3.67. The maximum absolute atomic E-state index is 5.52. The lowest BCUT2D eigenvalue weighted by atomic mass is 10.1. The van der Waals surface area contributed by atoms with E-state index in [4.69, 9.17) is 5.73 Å². The number of rotatable bonds is 2. The van der Waals surface area contributed by atoms with Crippen LogP contribution in [0.25, 0.3) is 11.1 Å². The molecule has 2 heteroatoms. The summed E-state index contributed by atoms with van der Waals surface area (Å²) in [6, 6.07) is 18.3.